The van der Waals surface area contributed by atoms with Crippen molar-refractivity contribution in [3.63, 3.8) is 0 Å². The first-order valence-electron chi connectivity index (χ1n) is 18.5. The number of fused-ring (bicyclic) bond motifs is 5. The van der Waals surface area contributed by atoms with Gasteiger partial charge in [-0.05, 0) is 84.1 Å². The van der Waals surface area contributed by atoms with Crippen molar-refractivity contribution in [1.82, 2.24) is 20.9 Å². The van der Waals surface area contributed by atoms with Gasteiger partial charge in [-0.1, -0.05) is 74.2 Å². The van der Waals surface area contributed by atoms with Crippen molar-refractivity contribution in [2.24, 2.45) is 0 Å². The summed E-state index contributed by atoms with van der Waals surface area (Å²) < 4.78 is 11.4. The Hall–Kier alpha value is -5.88. The number of hydrogen-bond donors (Lipinski definition) is 4. The molecule has 0 aliphatic carbocycles. The van der Waals surface area contributed by atoms with E-state index in [9.17, 15) is 29.1 Å². The number of nitrogens with zero attached hydrogens (tertiary/aromatic N) is 1. The van der Waals surface area contributed by atoms with E-state index in [2.05, 4.69) is 16.0 Å². The summed E-state index contributed by atoms with van der Waals surface area (Å²) in [4.78, 5) is 69.4. The fraction of sp³-hybridized carbons (Fsp3) is 0.326. The van der Waals surface area contributed by atoms with Gasteiger partial charge in [0.05, 0.1) is 14.2 Å². The van der Waals surface area contributed by atoms with Crippen molar-refractivity contribution in [2.45, 2.75) is 70.1 Å². The van der Waals surface area contributed by atoms with Crippen LogP contribution in [0.25, 0.3) is 22.3 Å². The summed E-state index contributed by atoms with van der Waals surface area (Å²) >= 11 is 6.05. The molecule has 1 aliphatic heterocycles. The van der Waals surface area contributed by atoms with Crippen LogP contribution in [0.4, 0.5) is 0 Å². The number of nitrogens with one attached hydrogen (secondary N) is 3. The van der Waals surface area contributed by atoms with Gasteiger partial charge in [-0.25, -0.2) is 4.79 Å². The van der Waals surface area contributed by atoms with E-state index in [-0.39, 0.29) is 6.42 Å². The molecule has 56 heavy (non-hydrogen) atoms. The molecule has 0 aromatic heterocycles. The first-order valence-corrected chi connectivity index (χ1v) is 18.8. The number of carboxylic acids is 1. The van der Waals surface area contributed by atoms with E-state index in [1.54, 1.807) is 60.7 Å². The third kappa shape index (κ3) is 9.67. The lowest BCUT2D eigenvalue weighted by molar-refractivity contribution is -0.143. The Labute approximate surface area is 331 Å². The third-order valence-corrected chi connectivity index (χ3v) is 10.2. The zero-order chi connectivity index (χ0) is 40.5. The largest absolute Gasteiger partial charge is 0.496 e. The average molecular weight is 783 g/mol. The summed E-state index contributed by atoms with van der Waals surface area (Å²) in [5.74, 6) is -2.75. The van der Waals surface area contributed by atoms with Crippen LogP contribution in [-0.2, 0) is 25.6 Å². The molecule has 0 saturated carbocycles. The van der Waals surface area contributed by atoms with Crippen LogP contribution in [0.3, 0.4) is 0 Å². The van der Waals surface area contributed by atoms with Gasteiger partial charge in [0.25, 0.3) is 5.91 Å². The number of carbonyl (C=O) groups excluding carboxylic acids is 4. The van der Waals surface area contributed by atoms with Gasteiger partial charge < -0.3 is 35.4 Å². The van der Waals surface area contributed by atoms with E-state index in [1.165, 1.54) is 33.1 Å². The highest BCUT2D eigenvalue weighted by atomic mass is 35.5. The Morgan fingerprint density at radius 2 is 1.46 bits per heavy atom. The molecular weight excluding hydrogens is 736 g/mol. The van der Waals surface area contributed by atoms with E-state index in [4.69, 9.17) is 21.1 Å². The zero-order valence-corrected chi connectivity index (χ0v) is 32.8. The molecule has 12 nitrogen and oxygen atoms in total. The second kappa shape index (κ2) is 18.6. The van der Waals surface area contributed by atoms with Crippen LogP contribution in [-0.4, -0.2) is 79.0 Å². The van der Waals surface area contributed by atoms with Gasteiger partial charge in [-0.2, -0.15) is 0 Å². The highest BCUT2D eigenvalue weighted by molar-refractivity contribution is 6.30. The van der Waals surface area contributed by atoms with Crippen LogP contribution in [0.2, 0.25) is 5.02 Å². The number of carbonyl (C=O) groups is 5. The quantitative estimate of drug-likeness (QED) is 0.124. The molecule has 13 heteroatoms. The molecule has 4 amide bonds. The van der Waals surface area contributed by atoms with Crippen LogP contribution in [0, 0.1) is 0 Å². The molecular formula is C43H47ClN4O8. The molecule has 4 N–H and O–H groups in total. The number of unbranched alkanes of at least 4 members (excludes halogenated alkanes) is 2. The molecule has 0 saturated heterocycles. The Morgan fingerprint density at radius 1 is 0.857 bits per heavy atom. The van der Waals surface area contributed by atoms with E-state index in [0.29, 0.717) is 57.2 Å². The number of carboxylic acid groups (broad SMARTS) is 1. The molecule has 4 aromatic rings. The summed E-state index contributed by atoms with van der Waals surface area (Å²) in [6.07, 6.45) is 2.60. The molecule has 0 radical (unpaired) electrons. The minimum absolute atomic E-state index is 0.0434. The second-order valence-electron chi connectivity index (χ2n) is 13.8. The lowest BCUT2D eigenvalue weighted by Crippen LogP contribution is -2.54. The van der Waals surface area contributed by atoms with Crippen LogP contribution in [0.5, 0.6) is 11.5 Å². The SMILES string of the molecule is CCCCC[C@H](NC(=O)c1ccc(-c2ccc(Cl)cc2)cc1)C(=O)N(C)[C@@H]1C(=O)N[C@@H](C)C(=O)N[C@H](C(=O)O)Cc2ccc(OC)c(c2)-c2cc1ccc2OC. The van der Waals surface area contributed by atoms with Gasteiger partial charge in [0.1, 0.15) is 35.7 Å². The molecule has 1 heterocycles. The number of methoxy groups -OCH3 is 2. The highest BCUT2D eigenvalue weighted by Gasteiger charge is 2.36. The standard InChI is InChI=1S/C43H47ClN4O8/c1-6-7-8-9-34(46-40(50)29-13-11-27(12-14-29)28-15-18-31(44)19-16-28)42(52)48(3)38-30-17-21-37(56-5)33(24-30)32-22-26(10-20-36(32)55-4)23-35(43(53)54)47-39(49)25(2)45-41(38)51/h10-22,24-25,34-35,38H,6-9,23H2,1-5H3,(H,45,51)(H,46,50)(H,47,49)(H,53,54)/t25-,34-,35-,38-/m0/s1. The molecule has 1 aliphatic rings. The summed E-state index contributed by atoms with van der Waals surface area (Å²) in [6, 6.07) is 19.8. The van der Waals surface area contributed by atoms with Crippen LogP contribution in [0.1, 0.15) is 67.1 Å². The Bertz CT molecular complexity index is 2070. The van der Waals surface area contributed by atoms with Gasteiger partial charge in [0.15, 0.2) is 0 Å². The number of amides is 4. The van der Waals surface area contributed by atoms with E-state index < -0.39 is 53.8 Å². The van der Waals surface area contributed by atoms with E-state index in [1.807, 2.05) is 31.2 Å². The molecule has 294 valence electrons. The number of likely N-dealkylation sites (N-methyl/N-ethyl adjacent to an activating group) is 1. The van der Waals surface area contributed by atoms with Crippen LogP contribution >= 0.6 is 11.6 Å². The van der Waals surface area contributed by atoms with Gasteiger partial charge >= 0.3 is 5.97 Å². The molecule has 4 atom stereocenters. The van der Waals surface area contributed by atoms with Gasteiger partial charge in [0, 0.05) is 35.2 Å². The molecule has 0 unspecified atom stereocenters. The number of ether oxygens (including phenoxy) is 2. The summed E-state index contributed by atoms with van der Waals surface area (Å²) in [5, 5.41) is 18.8. The predicted octanol–water partition coefficient (Wildman–Crippen LogP) is 6.20. The van der Waals surface area contributed by atoms with Crippen molar-refractivity contribution >= 4 is 41.2 Å². The Balaban J connectivity index is 1.53. The van der Waals surface area contributed by atoms with E-state index in [0.717, 1.165) is 24.0 Å². The van der Waals surface area contributed by atoms with E-state index >= 15 is 0 Å². The number of hydrogen-bond acceptors (Lipinski definition) is 7. The molecule has 4 aromatic carbocycles. The van der Waals surface area contributed by atoms with Crippen molar-refractivity contribution in [3.8, 4) is 33.8 Å². The Kier molecular flexibility index (Phi) is 13.7. The van der Waals surface area contributed by atoms with Crippen LogP contribution in [0.15, 0.2) is 84.9 Å². The summed E-state index contributed by atoms with van der Waals surface area (Å²) in [6.45, 7) is 3.47. The van der Waals surface area contributed by atoms with Crippen molar-refractivity contribution in [3.05, 3.63) is 107 Å². The molecule has 4 bridgehead atoms. The lowest BCUT2D eigenvalue weighted by Gasteiger charge is -2.32. The highest BCUT2D eigenvalue weighted by Crippen LogP contribution is 2.40. The fourth-order valence-electron chi connectivity index (χ4n) is 6.77. The fourth-order valence-corrected chi connectivity index (χ4v) is 6.89. The first-order chi connectivity index (χ1) is 26.8. The van der Waals surface area contributed by atoms with Crippen molar-refractivity contribution in [2.75, 3.05) is 21.3 Å². The molecule has 0 spiro atoms. The maximum atomic E-state index is 14.5. The minimum Gasteiger partial charge on any atom is -0.496 e. The monoisotopic (exact) mass is 782 g/mol. The minimum atomic E-state index is -1.31. The normalized spacial score (nSPS) is 17.4. The van der Waals surface area contributed by atoms with Gasteiger partial charge in [-0.3, -0.25) is 19.2 Å². The third-order valence-electron chi connectivity index (χ3n) is 9.91. The zero-order valence-electron chi connectivity index (χ0n) is 32.1. The first kappa shape index (κ1) is 41.3. The maximum absolute atomic E-state index is 14.5. The second-order valence-corrected chi connectivity index (χ2v) is 14.2. The van der Waals surface area contributed by atoms with Gasteiger partial charge in [0.2, 0.25) is 17.7 Å². The number of halogens is 1. The topological polar surface area (TPSA) is 163 Å². The van der Waals surface area contributed by atoms with Crippen molar-refractivity contribution < 1.29 is 38.6 Å². The lowest BCUT2D eigenvalue weighted by atomic mass is 9.93. The molecule has 5 rings (SSSR count). The summed E-state index contributed by atoms with van der Waals surface area (Å²) in [7, 11) is 4.48. The summed E-state index contributed by atoms with van der Waals surface area (Å²) in [5.41, 5.74) is 4.24. The predicted molar refractivity (Wildman–Crippen MR) is 214 cm³/mol. The molecule has 0 fully saturated rings. The maximum Gasteiger partial charge on any atom is 0.326 e. The number of benzene rings is 4. The number of aliphatic carboxylic acids is 1. The van der Waals surface area contributed by atoms with Crippen LogP contribution < -0.4 is 25.4 Å². The Morgan fingerprint density at radius 3 is 2.07 bits per heavy atom. The van der Waals surface area contributed by atoms with Crippen molar-refractivity contribution in [1.29, 1.82) is 0 Å². The average Bonchev–Trinajstić information content (AvgIpc) is 3.19. The smallest absolute Gasteiger partial charge is 0.326 e. The number of rotatable bonds is 12. The van der Waals surface area contributed by atoms with Gasteiger partial charge in [-0.15, -0.1) is 0 Å².